The van der Waals surface area contributed by atoms with Crippen molar-refractivity contribution in [3.05, 3.63) is 29.6 Å². The van der Waals surface area contributed by atoms with Gasteiger partial charge in [-0.05, 0) is 25.0 Å². The van der Waals surface area contributed by atoms with E-state index in [2.05, 4.69) is 4.98 Å². The smallest absolute Gasteiger partial charge is 0.272 e. The van der Waals surface area contributed by atoms with E-state index < -0.39 is 5.91 Å². The number of primary amides is 1. The standard InChI is InChI=1S/C11H13N3O2/c12-10(15)8-3-4-9(13-7-8)11(16)14-5-1-2-6-14/h3-4,7H,1-2,5-6H2,(H2,12,15). The molecule has 1 aromatic rings. The Morgan fingerprint density at radius 2 is 1.94 bits per heavy atom. The molecule has 0 aromatic carbocycles. The lowest BCUT2D eigenvalue weighted by atomic mass is 10.2. The van der Waals surface area contributed by atoms with Crippen LogP contribution in [0.4, 0.5) is 0 Å². The van der Waals surface area contributed by atoms with Gasteiger partial charge in [0.1, 0.15) is 5.69 Å². The molecule has 0 saturated carbocycles. The van der Waals surface area contributed by atoms with Crippen LogP contribution in [0.3, 0.4) is 0 Å². The Bertz CT molecular complexity index is 408. The number of nitrogens with zero attached hydrogens (tertiary/aromatic N) is 2. The van der Waals surface area contributed by atoms with Crippen molar-refractivity contribution in [1.29, 1.82) is 0 Å². The highest BCUT2D eigenvalue weighted by Gasteiger charge is 2.20. The first-order valence-corrected chi connectivity index (χ1v) is 5.23. The van der Waals surface area contributed by atoms with Crippen LogP contribution in [0.2, 0.25) is 0 Å². The van der Waals surface area contributed by atoms with Gasteiger partial charge in [-0.3, -0.25) is 14.6 Å². The van der Waals surface area contributed by atoms with E-state index in [0.29, 0.717) is 11.3 Å². The normalized spacial score (nSPS) is 15.1. The number of hydrogen-bond donors (Lipinski definition) is 1. The average Bonchev–Trinajstić information content (AvgIpc) is 2.81. The van der Waals surface area contributed by atoms with Gasteiger partial charge < -0.3 is 10.6 Å². The molecule has 1 fully saturated rings. The molecule has 5 nitrogen and oxygen atoms in total. The molecule has 0 aliphatic carbocycles. The second-order valence-electron chi connectivity index (χ2n) is 3.80. The Balaban J connectivity index is 2.14. The maximum atomic E-state index is 11.9. The summed E-state index contributed by atoms with van der Waals surface area (Å²) in [7, 11) is 0. The van der Waals surface area contributed by atoms with E-state index in [-0.39, 0.29) is 5.91 Å². The molecule has 1 saturated heterocycles. The van der Waals surface area contributed by atoms with Gasteiger partial charge in [0.05, 0.1) is 5.56 Å². The minimum atomic E-state index is -0.535. The molecular formula is C11H13N3O2. The number of likely N-dealkylation sites (tertiary alicyclic amines) is 1. The van der Waals surface area contributed by atoms with E-state index >= 15 is 0 Å². The van der Waals surface area contributed by atoms with Gasteiger partial charge in [-0.1, -0.05) is 0 Å². The van der Waals surface area contributed by atoms with Crippen molar-refractivity contribution < 1.29 is 9.59 Å². The van der Waals surface area contributed by atoms with E-state index in [1.807, 2.05) is 0 Å². The SMILES string of the molecule is NC(=O)c1ccc(C(=O)N2CCCC2)nc1. The lowest BCUT2D eigenvalue weighted by molar-refractivity contribution is 0.0786. The minimum Gasteiger partial charge on any atom is -0.366 e. The third kappa shape index (κ3) is 2.03. The minimum absolute atomic E-state index is 0.0754. The lowest BCUT2D eigenvalue weighted by Gasteiger charge is -2.14. The molecule has 2 heterocycles. The zero-order valence-electron chi connectivity index (χ0n) is 8.85. The summed E-state index contributed by atoms with van der Waals surface area (Å²) in [4.78, 5) is 28.4. The first-order valence-electron chi connectivity index (χ1n) is 5.23. The highest BCUT2D eigenvalue weighted by Crippen LogP contribution is 2.11. The molecule has 2 rings (SSSR count). The first kappa shape index (κ1) is 10.6. The third-order valence-corrected chi connectivity index (χ3v) is 2.66. The molecule has 0 radical (unpaired) electrons. The van der Waals surface area contributed by atoms with Gasteiger partial charge in [0.25, 0.3) is 5.91 Å². The summed E-state index contributed by atoms with van der Waals surface area (Å²) in [6.07, 6.45) is 3.43. The molecule has 2 N–H and O–H groups in total. The number of aromatic nitrogens is 1. The maximum Gasteiger partial charge on any atom is 0.272 e. The molecule has 2 amide bonds. The number of nitrogens with two attached hydrogens (primary N) is 1. The largest absolute Gasteiger partial charge is 0.366 e. The van der Waals surface area contributed by atoms with E-state index in [1.165, 1.54) is 12.3 Å². The third-order valence-electron chi connectivity index (χ3n) is 2.66. The average molecular weight is 219 g/mol. The van der Waals surface area contributed by atoms with Crippen LogP contribution in [0.25, 0.3) is 0 Å². The maximum absolute atomic E-state index is 11.9. The summed E-state index contributed by atoms with van der Waals surface area (Å²) in [5.41, 5.74) is 5.77. The Kier molecular flexibility index (Phi) is 2.85. The summed E-state index contributed by atoms with van der Waals surface area (Å²) in [6, 6.07) is 3.07. The molecule has 1 aromatic heterocycles. The Morgan fingerprint density at radius 1 is 1.25 bits per heavy atom. The summed E-state index contributed by atoms with van der Waals surface area (Å²) in [5.74, 6) is -0.610. The fourth-order valence-electron chi connectivity index (χ4n) is 1.75. The molecule has 0 spiro atoms. The van der Waals surface area contributed by atoms with Crippen LogP contribution >= 0.6 is 0 Å². The summed E-state index contributed by atoms with van der Waals surface area (Å²) in [5, 5.41) is 0. The van der Waals surface area contributed by atoms with E-state index in [9.17, 15) is 9.59 Å². The number of carbonyl (C=O) groups excluding carboxylic acids is 2. The Morgan fingerprint density at radius 3 is 2.44 bits per heavy atom. The van der Waals surface area contributed by atoms with Crippen LogP contribution in [0.1, 0.15) is 33.7 Å². The number of amides is 2. The number of pyridine rings is 1. The molecular weight excluding hydrogens is 206 g/mol. The predicted molar refractivity (Wildman–Crippen MR) is 57.9 cm³/mol. The fourth-order valence-corrected chi connectivity index (χ4v) is 1.75. The molecule has 0 atom stereocenters. The fraction of sp³-hybridized carbons (Fsp3) is 0.364. The van der Waals surface area contributed by atoms with Crippen LogP contribution in [0.5, 0.6) is 0 Å². The van der Waals surface area contributed by atoms with Crippen molar-refractivity contribution in [3.63, 3.8) is 0 Å². The topological polar surface area (TPSA) is 76.3 Å². The quantitative estimate of drug-likeness (QED) is 0.783. The van der Waals surface area contributed by atoms with E-state index in [0.717, 1.165) is 25.9 Å². The van der Waals surface area contributed by atoms with Crippen LogP contribution in [-0.2, 0) is 0 Å². The Hall–Kier alpha value is -1.91. The first-order chi connectivity index (χ1) is 7.68. The van der Waals surface area contributed by atoms with Crippen LogP contribution in [0.15, 0.2) is 18.3 Å². The summed E-state index contributed by atoms with van der Waals surface area (Å²) >= 11 is 0. The van der Waals surface area contributed by atoms with Crippen LogP contribution in [0, 0.1) is 0 Å². The van der Waals surface area contributed by atoms with Gasteiger partial charge >= 0.3 is 0 Å². The second kappa shape index (κ2) is 4.30. The van der Waals surface area contributed by atoms with Crippen molar-refractivity contribution in [2.75, 3.05) is 13.1 Å². The summed E-state index contributed by atoms with van der Waals surface area (Å²) in [6.45, 7) is 1.58. The van der Waals surface area contributed by atoms with Gasteiger partial charge in [0.2, 0.25) is 5.91 Å². The van der Waals surface area contributed by atoms with Crippen molar-refractivity contribution >= 4 is 11.8 Å². The van der Waals surface area contributed by atoms with Gasteiger partial charge in [-0.2, -0.15) is 0 Å². The monoisotopic (exact) mass is 219 g/mol. The van der Waals surface area contributed by atoms with Gasteiger partial charge in [-0.15, -0.1) is 0 Å². The summed E-state index contributed by atoms with van der Waals surface area (Å²) < 4.78 is 0. The van der Waals surface area contributed by atoms with Crippen LogP contribution < -0.4 is 5.73 Å². The zero-order chi connectivity index (χ0) is 11.5. The highest BCUT2D eigenvalue weighted by atomic mass is 16.2. The van der Waals surface area contributed by atoms with Crippen LogP contribution in [-0.4, -0.2) is 34.8 Å². The van der Waals surface area contributed by atoms with E-state index in [1.54, 1.807) is 11.0 Å². The van der Waals surface area contributed by atoms with Crippen molar-refractivity contribution in [2.24, 2.45) is 5.73 Å². The number of rotatable bonds is 2. The van der Waals surface area contributed by atoms with Crippen molar-refractivity contribution in [1.82, 2.24) is 9.88 Å². The highest BCUT2D eigenvalue weighted by molar-refractivity contribution is 5.95. The predicted octanol–water partition coefficient (Wildman–Crippen LogP) is 0.416. The zero-order valence-corrected chi connectivity index (χ0v) is 8.85. The number of hydrogen-bond acceptors (Lipinski definition) is 3. The number of carbonyl (C=O) groups is 2. The molecule has 1 aliphatic heterocycles. The molecule has 1 aliphatic rings. The van der Waals surface area contributed by atoms with Gasteiger partial charge in [0, 0.05) is 19.3 Å². The lowest BCUT2D eigenvalue weighted by Crippen LogP contribution is -2.28. The molecule has 0 bridgehead atoms. The molecule has 84 valence electrons. The van der Waals surface area contributed by atoms with Gasteiger partial charge in [0.15, 0.2) is 0 Å². The van der Waals surface area contributed by atoms with Crippen molar-refractivity contribution in [2.45, 2.75) is 12.8 Å². The van der Waals surface area contributed by atoms with Crippen molar-refractivity contribution in [3.8, 4) is 0 Å². The molecule has 5 heteroatoms. The van der Waals surface area contributed by atoms with E-state index in [4.69, 9.17) is 5.73 Å². The Labute approximate surface area is 93.3 Å². The molecule has 16 heavy (non-hydrogen) atoms. The molecule has 0 unspecified atom stereocenters. The van der Waals surface area contributed by atoms with Gasteiger partial charge in [-0.25, -0.2) is 0 Å². The second-order valence-corrected chi connectivity index (χ2v) is 3.80.